The number of hydrogen-bond donors (Lipinski definition) is 0. The summed E-state index contributed by atoms with van der Waals surface area (Å²) >= 11 is 0. The van der Waals surface area contributed by atoms with E-state index in [0.717, 1.165) is 0 Å². The molecule has 0 aliphatic carbocycles. The SMILES string of the molecule is [Cu].[Cu].[Cu].[Ir]. The molecular weight excluding hydrogens is 383 g/mol. The van der Waals surface area contributed by atoms with Crippen LogP contribution in [0.1, 0.15) is 0 Å². The minimum absolute atomic E-state index is 0. The Morgan fingerprint density at radius 3 is 0.500 bits per heavy atom. The monoisotopic (exact) mass is 382 g/mol. The first-order valence-corrected chi connectivity index (χ1v) is 0. The summed E-state index contributed by atoms with van der Waals surface area (Å²) < 4.78 is 0. The molecule has 0 fully saturated rings. The average molecular weight is 383 g/mol. The van der Waals surface area contributed by atoms with E-state index >= 15 is 0 Å². The van der Waals surface area contributed by atoms with Crippen LogP contribution in [-0.4, -0.2) is 0 Å². The van der Waals surface area contributed by atoms with Gasteiger partial charge in [-0.15, -0.1) is 0 Å². The Morgan fingerprint density at radius 1 is 0.500 bits per heavy atom. The summed E-state index contributed by atoms with van der Waals surface area (Å²) in [5, 5.41) is 0. The smallest absolute Gasteiger partial charge is 0 e. The summed E-state index contributed by atoms with van der Waals surface area (Å²) in [5.74, 6) is 0. The van der Waals surface area contributed by atoms with Crippen molar-refractivity contribution in [1.29, 1.82) is 0 Å². The van der Waals surface area contributed by atoms with Crippen LogP contribution in [0.15, 0.2) is 0 Å². The molecule has 0 rings (SSSR count). The second-order valence-electron chi connectivity index (χ2n) is 0. The predicted octanol–water partition coefficient (Wildman–Crippen LogP) is -0.0100. The van der Waals surface area contributed by atoms with Gasteiger partial charge in [-0.25, -0.2) is 0 Å². The topological polar surface area (TPSA) is 0 Å². The van der Waals surface area contributed by atoms with Crippen LogP contribution < -0.4 is 0 Å². The second-order valence-corrected chi connectivity index (χ2v) is 0. The summed E-state index contributed by atoms with van der Waals surface area (Å²) in [6, 6.07) is 0. The van der Waals surface area contributed by atoms with Crippen LogP contribution in [0.2, 0.25) is 0 Å². The van der Waals surface area contributed by atoms with Gasteiger partial charge in [-0.2, -0.15) is 0 Å². The van der Waals surface area contributed by atoms with Crippen LogP contribution in [-0.2, 0) is 71.3 Å². The van der Waals surface area contributed by atoms with Crippen molar-refractivity contribution in [3.05, 3.63) is 0 Å². The molecule has 0 amide bonds. The van der Waals surface area contributed by atoms with E-state index < -0.39 is 0 Å². The molecule has 0 spiro atoms. The van der Waals surface area contributed by atoms with Crippen molar-refractivity contribution in [3.63, 3.8) is 0 Å². The van der Waals surface area contributed by atoms with Gasteiger partial charge in [0.15, 0.2) is 0 Å². The molecule has 42 valence electrons. The zero-order valence-electron chi connectivity index (χ0n) is 1.24. The van der Waals surface area contributed by atoms with E-state index in [4.69, 9.17) is 0 Å². The Hall–Kier alpha value is 2.21. The third kappa shape index (κ3) is 8.88. The van der Waals surface area contributed by atoms with Gasteiger partial charge in [0.05, 0.1) is 0 Å². The van der Waals surface area contributed by atoms with Crippen LogP contribution in [0.3, 0.4) is 0 Å². The largest absolute Gasteiger partial charge is 0 e. The minimum atomic E-state index is 0. The fraction of sp³-hybridized carbons (Fsp3) is 0. The third-order valence-electron chi connectivity index (χ3n) is 0. The van der Waals surface area contributed by atoms with Gasteiger partial charge in [-0.1, -0.05) is 0 Å². The predicted molar refractivity (Wildman–Crippen MR) is 0 cm³/mol. The van der Waals surface area contributed by atoms with Crippen molar-refractivity contribution < 1.29 is 71.3 Å². The molecule has 0 N–H and O–H groups in total. The maximum Gasteiger partial charge on any atom is 0 e. The minimum Gasteiger partial charge on any atom is 0 e. The Bertz CT molecular complexity index is 3.25. The van der Waals surface area contributed by atoms with Crippen molar-refractivity contribution in [2.75, 3.05) is 0 Å². The molecular formula is Cu3Ir. The van der Waals surface area contributed by atoms with Crippen LogP contribution in [0.5, 0.6) is 0 Å². The van der Waals surface area contributed by atoms with Crippen LogP contribution in [0.25, 0.3) is 0 Å². The number of hydrogen-bond acceptors (Lipinski definition) is 0. The molecule has 4 heteroatoms. The Labute approximate surface area is 70.6 Å². The van der Waals surface area contributed by atoms with Gasteiger partial charge >= 0.3 is 0 Å². The first-order chi connectivity index (χ1) is 0. The van der Waals surface area contributed by atoms with Gasteiger partial charge in [0.2, 0.25) is 0 Å². The first-order valence-electron chi connectivity index (χ1n) is 0. The van der Waals surface area contributed by atoms with Crippen LogP contribution in [0, 0.1) is 0 Å². The molecule has 0 atom stereocenters. The maximum atomic E-state index is 0. The average Bonchev–Trinajstić information content (AvgIpc) is 0. The van der Waals surface area contributed by atoms with E-state index in [0.29, 0.717) is 0 Å². The standard InChI is InChI=1S/3Cu.Ir. The summed E-state index contributed by atoms with van der Waals surface area (Å²) in [4.78, 5) is 0. The fourth-order valence-corrected chi connectivity index (χ4v) is 0. The zero-order chi connectivity index (χ0) is 0. The molecule has 4 radical (unpaired) electrons. The van der Waals surface area contributed by atoms with Gasteiger partial charge in [-0.05, 0) is 0 Å². The Balaban J connectivity index is 0. The van der Waals surface area contributed by atoms with E-state index in [-0.39, 0.29) is 71.3 Å². The van der Waals surface area contributed by atoms with E-state index in [2.05, 4.69) is 0 Å². The first kappa shape index (κ1) is 34.5. The van der Waals surface area contributed by atoms with Crippen molar-refractivity contribution >= 4 is 0 Å². The van der Waals surface area contributed by atoms with Gasteiger partial charge in [0.25, 0.3) is 0 Å². The van der Waals surface area contributed by atoms with Crippen molar-refractivity contribution in [1.82, 2.24) is 0 Å². The van der Waals surface area contributed by atoms with E-state index in [1.807, 2.05) is 0 Å². The van der Waals surface area contributed by atoms with Gasteiger partial charge in [0.1, 0.15) is 0 Å². The maximum absolute atomic E-state index is 0. The summed E-state index contributed by atoms with van der Waals surface area (Å²) in [5.41, 5.74) is 0. The molecule has 0 saturated carbocycles. The third-order valence-corrected chi connectivity index (χ3v) is 0. The van der Waals surface area contributed by atoms with Crippen LogP contribution >= 0.6 is 0 Å². The van der Waals surface area contributed by atoms with Crippen molar-refractivity contribution in [2.24, 2.45) is 0 Å². The molecule has 0 unspecified atom stereocenters. The second kappa shape index (κ2) is 18.9. The summed E-state index contributed by atoms with van der Waals surface area (Å²) in [6.07, 6.45) is 0. The molecule has 0 saturated heterocycles. The van der Waals surface area contributed by atoms with Gasteiger partial charge < -0.3 is 0 Å². The van der Waals surface area contributed by atoms with E-state index in [1.54, 1.807) is 0 Å². The van der Waals surface area contributed by atoms with Crippen molar-refractivity contribution in [3.8, 4) is 0 Å². The fourth-order valence-electron chi connectivity index (χ4n) is 0. The molecule has 0 aliphatic heterocycles. The molecule has 0 aliphatic rings. The molecule has 4 heavy (non-hydrogen) atoms. The van der Waals surface area contributed by atoms with Crippen molar-refractivity contribution in [2.45, 2.75) is 0 Å². The molecule has 0 bridgehead atoms. The molecule has 0 aromatic rings. The quantitative estimate of drug-likeness (QED) is 0.517. The summed E-state index contributed by atoms with van der Waals surface area (Å²) in [7, 11) is 0. The molecule has 0 heterocycles. The van der Waals surface area contributed by atoms with Gasteiger partial charge in [0, 0.05) is 71.3 Å². The number of rotatable bonds is 0. The molecule has 0 aromatic heterocycles. The Kier molecular flexibility index (Phi) is 163. The summed E-state index contributed by atoms with van der Waals surface area (Å²) in [6.45, 7) is 0. The van der Waals surface area contributed by atoms with E-state index in [1.165, 1.54) is 0 Å². The zero-order valence-corrected chi connectivity index (χ0v) is 6.46. The molecule has 0 aromatic carbocycles. The Morgan fingerprint density at radius 2 is 0.500 bits per heavy atom. The van der Waals surface area contributed by atoms with E-state index in [9.17, 15) is 0 Å². The van der Waals surface area contributed by atoms with Gasteiger partial charge in [-0.3, -0.25) is 0 Å². The molecule has 0 nitrogen and oxygen atoms in total. The van der Waals surface area contributed by atoms with Crippen LogP contribution in [0.4, 0.5) is 0 Å². The normalized spacial score (nSPS) is 0.